The number of aliphatic hydroxyl groups is 1. The molecule has 0 amide bonds. The highest BCUT2D eigenvalue weighted by molar-refractivity contribution is 5.70. The largest absolute Gasteiger partial charge is 0.462 e. The van der Waals surface area contributed by atoms with Crippen LogP contribution < -0.4 is 0 Å². The fourth-order valence-corrected chi connectivity index (χ4v) is 6.78. The quantitative estimate of drug-likeness (QED) is 0.0374. The molecular weight excluding hydrogens is 885 g/mol. The molecule has 0 aromatic heterocycles. The second-order valence-electron chi connectivity index (χ2n) is 17.5. The molecule has 0 heterocycles. The Morgan fingerprint density at radius 1 is 0.319 bits per heavy atom. The average Bonchev–Trinajstić information content (AvgIpc) is 3.38. The molecule has 0 rings (SSSR count). The van der Waals surface area contributed by atoms with Crippen LogP contribution in [0.25, 0.3) is 0 Å². The summed E-state index contributed by atoms with van der Waals surface area (Å²) in [5.74, 6) is -0.716. The van der Waals surface area contributed by atoms with Gasteiger partial charge in [-0.25, -0.2) is 0 Å². The average molecular weight is 986 g/mol. The molecule has 0 radical (unpaired) electrons. The Bertz CT molecular complexity index is 1730. The van der Waals surface area contributed by atoms with E-state index >= 15 is 0 Å². The zero-order valence-electron chi connectivity index (χ0n) is 45.3. The third-order valence-corrected chi connectivity index (χ3v) is 10.9. The molecule has 0 bridgehead atoms. The van der Waals surface area contributed by atoms with Crippen molar-refractivity contribution in [3.8, 4) is 0 Å². The summed E-state index contributed by atoms with van der Waals surface area (Å²) in [6.45, 7) is 3.82. The summed E-state index contributed by atoms with van der Waals surface area (Å²) in [6, 6.07) is 0. The van der Waals surface area contributed by atoms with E-state index in [1.54, 1.807) is 0 Å². The molecule has 0 aliphatic rings. The number of carbonyl (C=O) groups excluding carboxylic acids is 2. The maximum absolute atomic E-state index is 12.3. The van der Waals surface area contributed by atoms with E-state index in [1.807, 2.05) is 12.2 Å². The van der Waals surface area contributed by atoms with Crippen LogP contribution in [0.15, 0.2) is 194 Å². The van der Waals surface area contributed by atoms with Crippen LogP contribution >= 0.6 is 0 Å². The van der Waals surface area contributed by atoms with Gasteiger partial charge in [0.2, 0.25) is 0 Å². The van der Waals surface area contributed by atoms with Crippen molar-refractivity contribution in [2.75, 3.05) is 13.2 Å². The fraction of sp³-hybridized carbons (Fsp3) is 0.493. The van der Waals surface area contributed by atoms with Crippen molar-refractivity contribution < 1.29 is 24.2 Å². The van der Waals surface area contributed by atoms with Crippen molar-refractivity contribution >= 4 is 11.9 Å². The van der Waals surface area contributed by atoms with Gasteiger partial charge >= 0.3 is 11.9 Å². The molecule has 0 saturated heterocycles. The predicted octanol–water partition coefficient (Wildman–Crippen LogP) is 19.3. The van der Waals surface area contributed by atoms with Crippen LogP contribution in [0.1, 0.15) is 194 Å². The van der Waals surface area contributed by atoms with E-state index in [0.717, 1.165) is 128 Å². The normalized spacial score (nSPS) is 13.8. The molecule has 5 nitrogen and oxygen atoms in total. The molecule has 0 saturated carbocycles. The number of allylic oxidation sites excluding steroid dienone is 32. The first-order valence-corrected chi connectivity index (χ1v) is 28.0. The van der Waals surface area contributed by atoms with Crippen LogP contribution in [0.3, 0.4) is 0 Å². The number of unbranched alkanes of at least 4 members (excludes halogenated alkanes) is 8. The summed E-state index contributed by atoms with van der Waals surface area (Å²) in [4.78, 5) is 24.4. The van der Waals surface area contributed by atoms with Gasteiger partial charge < -0.3 is 14.6 Å². The topological polar surface area (TPSA) is 72.8 Å². The van der Waals surface area contributed by atoms with Crippen molar-refractivity contribution in [1.82, 2.24) is 0 Å². The summed E-state index contributed by atoms with van der Waals surface area (Å²) in [5, 5.41) is 9.63. The van der Waals surface area contributed by atoms with Gasteiger partial charge in [-0.05, 0) is 128 Å². The van der Waals surface area contributed by atoms with Gasteiger partial charge in [0.1, 0.15) is 6.61 Å². The summed E-state index contributed by atoms with van der Waals surface area (Å²) in [6.07, 6.45) is 96.9. The highest BCUT2D eigenvalue weighted by Crippen LogP contribution is 2.12. The second-order valence-corrected chi connectivity index (χ2v) is 17.5. The molecule has 0 spiro atoms. The van der Waals surface area contributed by atoms with Crippen LogP contribution in [0.5, 0.6) is 0 Å². The minimum Gasteiger partial charge on any atom is -0.462 e. The second kappa shape index (κ2) is 60.0. The van der Waals surface area contributed by atoms with Gasteiger partial charge in [0.05, 0.1) is 6.61 Å². The maximum Gasteiger partial charge on any atom is 0.306 e. The van der Waals surface area contributed by atoms with Crippen LogP contribution in [0, 0.1) is 0 Å². The van der Waals surface area contributed by atoms with E-state index in [9.17, 15) is 14.7 Å². The zero-order chi connectivity index (χ0) is 52.0. The molecular formula is C67H100O5. The van der Waals surface area contributed by atoms with E-state index in [-0.39, 0.29) is 31.6 Å². The molecule has 1 unspecified atom stereocenters. The Labute approximate surface area is 441 Å². The van der Waals surface area contributed by atoms with Crippen LogP contribution in [-0.4, -0.2) is 36.4 Å². The van der Waals surface area contributed by atoms with E-state index in [0.29, 0.717) is 12.8 Å². The number of hydrogen-bond acceptors (Lipinski definition) is 5. The maximum atomic E-state index is 12.3. The molecule has 1 atom stereocenters. The van der Waals surface area contributed by atoms with Gasteiger partial charge in [-0.1, -0.05) is 247 Å². The SMILES string of the molecule is CC/C=C\C/C=C\C/C=C\C/C=C\C/C=C\C/C=C\C/C=C\C/C=C\C/C=C\C/C=C\CCCCCCCCCCC(=O)OC(CO)COC(=O)CC/C=C\C/C=C\C/C=C\C/C=C\C/C=C\C/C=C\CC. The van der Waals surface area contributed by atoms with Crippen LogP contribution in [0.2, 0.25) is 0 Å². The van der Waals surface area contributed by atoms with Crippen molar-refractivity contribution in [3.63, 3.8) is 0 Å². The minimum absolute atomic E-state index is 0.123. The third-order valence-electron chi connectivity index (χ3n) is 10.9. The van der Waals surface area contributed by atoms with E-state index < -0.39 is 6.10 Å². The smallest absolute Gasteiger partial charge is 0.306 e. The number of esters is 2. The molecule has 5 heteroatoms. The molecule has 0 aromatic carbocycles. The first-order valence-electron chi connectivity index (χ1n) is 28.0. The standard InChI is InChI=1S/C67H100O5/c1-3-5-7-9-11-13-15-17-19-21-23-24-25-26-27-28-29-30-31-32-33-34-35-36-37-38-39-40-41-42-44-46-48-50-52-54-56-58-60-62-67(70)72-65(63-68)64-71-66(69)61-59-57-55-53-51-49-47-45-43-22-20-18-16-14-12-10-8-6-4-2/h5-8,11-14,17-20,23-24,26-27,29-30,32-33,35-36,38-39,41-43,45,49,51,55,57,65,68H,3-4,9-10,15-16,21-22,25,28,31,34,37,40,44,46-48,50,52-54,56,58-64H2,1-2H3/b7-5-,8-6-,13-11-,14-12-,19-17-,20-18-,24-23-,27-26-,30-29-,33-32-,36-35-,39-38-,42-41-,45-43-,51-49-,57-55-. The Morgan fingerprint density at radius 2 is 0.583 bits per heavy atom. The number of ether oxygens (including phenoxy) is 2. The predicted molar refractivity (Wildman–Crippen MR) is 315 cm³/mol. The van der Waals surface area contributed by atoms with E-state index in [1.165, 1.54) is 32.1 Å². The van der Waals surface area contributed by atoms with Crippen molar-refractivity contribution in [3.05, 3.63) is 194 Å². The summed E-state index contributed by atoms with van der Waals surface area (Å²) >= 11 is 0. The van der Waals surface area contributed by atoms with E-state index in [2.05, 4.69) is 196 Å². The Hall–Kier alpha value is -5.26. The van der Waals surface area contributed by atoms with Gasteiger partial charge in [0.15, 0.2) is 6.10 Å². The molecule has 0 fully saturated rings. The number of aliphatic hydroxyl groups excluding tert-OH is 1. The number of rotatable bonds is 48. The lowest BCUT2D eigenvalue weighted by molar-refractivity contribution is -0.161. The lowest BCUT2D eigenvalue weighted by Gasteiger charge is -2.15. The summed E-state index contributed by atoms with van der Waals surface area (Å²) in [7, 11) is 0. The van der Waals surface area contributed by atoms with Gasteiger partial charge in [-0.2, -0.15) is 0 Å². The van der Waals surface area contributed by atoms with Crippen molar-refractivity contribution in [1.29, 1.82) is 0 Å². The molecule has 398 valence electrons. The van der Waals surface area contributed by atoms with Gasteiger partial charge in [0.25, 0.3) is 0 Å². The Morgan fingerprint density at radius 3 is 0.889 bits per heavy atom. The fourth-order valence-electron chi connectivity index (χ4n) is 6.78. The van der Waals surface area contributed by atoms with Crippen molar-refractivity contribution in [2.24, 2.45) is 0 Å². The molecule has 1 N–H and O–H groups in total. The third kappa shape index (κ3) is 57.3. The molecule has 72 heavy (non-hydrogen) atoms. The molecule has 0 aliphatic carbocycles. The van der Waals surface area contributed by atoms with Crippen LogP contribution in [-0.2, 0) is 19.1 Å². The van der Waals surface area contributed by atoms with Gasteiger partial charge in [-0.15, -0.1) is 0 Å². The van der Waals surface area contributed by atoms with Gasteiger partial charge in [-0.3, -0.25) is 9.59 Å². The monoisotopic (exact) mass is 985 g/mol. The highest BCUT2D eigenvalue weighted by Gasteiger charge is 2.16. The Kier molecular flexibility index (Phi) is 55.7. The first-order chi connectivity index (χ1) is 35.6. The molecule has 0 aliphatic heterocycles. The van der Waals surface area contributed by atoms with Gasteiger partial charge in [0, 0.05) is 12.8 Å². The zero-order valence-corrected chi connectivity index (χ0v) is 45.3. The van der Waals surface area contributed by atoms with E-state index in [4.69, 9.17) is 9.47 Å². The summed E-state index contributed by atoms with van der Waals surface area (Å²) in [5.41, 5.74) is 0. The first kappa shape index (κ1) is 66.7. The lowest BCUT2D eigenvalue weighted by Crippen LogP contribution is -2.28. The molecule has 0 aromatic rings. The summed E-state index contributed by atoms with van der Waals surface area (Å²) < 4.78 is 10.6. The Balaban J connectivity index is 3.70. The number of hydrogen-bond donors (Lipinski definition) is 1. The minimum atomic E-state index is -0.823. The number of carbonyl (C=O) groups is 2. The highest BCUT2D eigenvalue weighted by atomic mass is 16.6. The lowest BCUT2D eigenvalue weighted by atomic mass is 10.1. The van der Waals surface area contributed by atoms with Crippen molar-refractivity contribution in [2.45, 2.75) is 200 Å². The van der Waals surface area contributed by atoms with Crippen LogP contribution in [0.4, 0.5) is 0 Å².